The maximum Gasteiger partial charge on any atom is 0.366 e. The fraction of sp³-hybridized carbons (Fsp3) is 0. The molecule has 0 aliphatic rings. The summed E-state index contributed by atoms with van der Waals surface area (Å²) in [5.74, 6) is -0.549. The van der Waals surface area contributed by atoms with Gasteiger partial charge in [0.15, 0.2) is 5.84 Å². The van der Waals surface area contributed by atoms with Gasteiger partial charge in [0.2, 0.25) is 0 Å². The van der Waals surface area contributed by atoms with E-state index in [2.05, 4.69) is 26.1 Å². The number of hydrogen-bond donors (Lipinski definition) is 1. The average molecular weight is 320 g/mol. The fourth-order valence-electron chi connectivity index (χ4n) is 1.33. The van der Waals surface area contributed by atoms with E-state index < -0.39 is 5.97 Å². The summed E-state index contributed by atoms with van der Waals surface area (Å²) in [5.41, 5.74) is 6.48. The van der Waals surface area contributed by atoms with E-state index in [0.717, 1.165) is 0 Å². The molecule has 0 saturated carbocycles. The molecular weight excluding hydrogens is 310 g/mol. The Hall–Kier alpha value is -2.21. The Bertz CT molecular complexity index is 614. The van der Waals surface area contributed by atoms with Crippen LogP contribution in [-0.2, 0) is 4.84 Å². The second kappa shape index (κ2) is 6.10. The number of pyridine rings is 1. The number of aromatic nitrogens is 1. The molecule has 0 radical (unpaired) electrons. The van der Waals surface area contributed by atoms with Crippen LogP contribution >= 0.6 is 15.9 Å². The number of halogens is 1. The van der Waals surface area contributed by atoms with Gasteiger partial charge in [0.05, 0.1) is 5.56 Å². The van der Waals surface area contributed by atoms with Gasteiger partial charge in [-0.15, -0.1) is 0 Å². The molecule has 5 nitrogen and oxygen atoms in total. The van der Waals surface area contributed by atoms with E-state index in [-0.39, 0.29) is 5.84 Å². The minimum atomic E-state index is -0.591. The molecule has 0 bridgehead atoms. The van der Waals surface area contributed by atoms with Gasteiger partial charge in [0.25, 0.3) is 0 Å². The second-order valence-corrected chi connectivity index (χ2v) is 4.40. The van der Waals surface area contributed by atoms with Crippen molar-refractivity contribution >= 4 is 27.7 Å². The Kier molecular flexibility index (Phi) is 4.25. The smallest absolute Gasteiger partial charge is 0.366 e. The summed E-state index contributed by atoms with van der Waals surface area (Å²) in [6.45, 7) is 0. The van der Waals surface area contributed by atoms with Crippen LogP contribution in [0.2, 0.25) is 0 Å². The van der Waals surface area contributed by atoms with Crippen LogP contribution in [0.4, 0.5) is 0 Å². The maximum atomic E-state index is 11.8. The fourth-order valence-corrected chi connectivity index (χ4v) is 1.77. The molecule has 6 heteroatoms. The topological polar surface area (TPSA) is 77.6 Å². The predicted molar refractivity (Wildman–Crippen MR) is 74.5 cm³/mol. The summed E-state index contributed by atoms with van der Waals surface area (Å²) < 4.78 is 0.631. The summed E-state index contributed by atoms with van der Waals surface area (Å²) in [6.07, 6.45) is 1.58. The highest BCUT2D eigenvalue weighted by atomic mass is 79.9. The molecule has 2 aromatic rings. The lowest BCUT2D eigenvalue weighted by atomic mass is 10.2. The Balaban J connectivity index is 2.11. The number of nitrogens with two attached hydrogens (primary N) is 1. The normalized spacial score (nSPS) is 11.1. The molecule has 0 aliphatic carbocycles. The molecule has 0 spiro atoms. The van der Waals surface area contributed by atoms with E-state index in [1.54, 1.807) is 48.7 Å². The van der Waals surface area contributed by atoms with Crippen molar-refractivity contribution < 1.29 is 9.63 Å². The standard InChI is InChI=1S/C13H10BrN3O2/c14-10-6-2-1-5-9(10)13(18)19-17-12(15)11-7-3-4-8-16-11/h1-8H,(H2,15,17). The molecule has 2 rings (SSSR count). The molecular formula is C13H10BrN3O2. The van der Waals surface area contributed by atoms with Gasteiger partial charge in [-0.2, -0.15) is 0 Å². The van der Waals surface area contributed by atoms with Crippen molar-refractivity contribution in [2.45, 2.75) is 0 Å². The van der Waals surface area contributed by atoms with Gasteiger partial charge in [-0.3, -0.25) is 4.98 Å². The molecule has 19 heavy (non-hydrogen) atoms. The SMILES string of the molecule is N/C(=N/OC(=O)c1ccccc1Br)c1ccccn1. The lowest BCUT2D eigenvalue weighted by Gasteiger charge is -2.02. The number of amidine groups is 1. The summed E-state index contributed by atoms with van der Waals surface area (Å²) in [7, 11) is 0. The Morgan fingerprint density at radius 1 is 1.21 bits per heavy atom. The first-order chi connectivity index (χ1) is 9.18. The van der Waals surface area contributed by atoms with Crippen molar-refractivity contribution in [1.82, 2.24) is 4.98 Å². The number of carbonyl (C=O) groups excluding carboxylic acids is 1. The molecule has 0 saturated heterocycles. The van der Waals surface area contributed by atoms with Crippen LogP contribution in [0.5, 0.6) is 0 Å². The largest absolute Gasteiger partial charge is 0.379 e. The summed E-state index contributed by atoms with van der Waals surface area (Å²) in [6, 6.07) is 12.1. The Morgan fingerprint density at radius 3 is 2.63 bits per heavy atom. The quantitative estimate of drug-likeness (QED) is 0.407. The molecule has 1 aromatic carbocycles. The van der Waals surface area contributed by atoms with Gasteiger partial charge in [-0.25, -0.2) is 4.79 Å². The van der Waals surface area contributed by atoms with E-state index >= 15 is 0 Å². The monoisotopic (exact) mass is 319 g/mol. The number of rotatable bonds is 3. The van der Waals surface area contributed by atoms with E-state index in [1.165, 1.54) is 0 Å². The highest BCUT2D eigenvalue weighted by Gasteiger charge is 2.11. The highest BCUT2D eigenvalue weighted by molar-refractivity contribution is 9.10. The number of carbonyl (C=O) groups is 1. The highest BCUT2D eigenvalue weighted by Crippen LogP contribution is 2.16. The third-order valence-corrected chi connectivity index (χ3v) is 2.94. The Labute approximate surface area is 118 Å². The molecule has 0 unspecified atom stereocenters. The second-order valence-electron chi connectivity index (χ2n) is 3.55. The van der Waals surface area contributed by atoms with Crippen LogP contribution in [0.15, 0.2) is 58.3 Å². The summed E-state index contributed by atoms with van der Waals surface area (Å²) >= 11 is 3.26. The Morgan fingerprint density at radius 2 is 1.95 bits per heavy atom. The molecule has 96 valence electrons. The molecule has 1 heterocycles. The lowest BCUT2D eigenvalue weighted by Crippen LogP contribution is -2.16. The van der Waals surface area contributed by atoms with Gasteiger partial charge in [0, 0.05) is 10.7 Å². The zero-order valence-electron chi connectivity index (χ0n) is 9.79. The first-order valence-corrected chi connectivity index (χ1v) is 6.18. The van der Waals surface area contributed by atoms with Gasteiger partial charge in [-0.1, -0.05) is 23.4 Å². The number of benzene rings is 1. The average Bonchev–Trinajstić information content (AvgIpc) is 2.46. The molecule has 0 fully saturated rings. The van der Waals surface area contributed by atoms with E-state index in [9.17, 15) is 4.79 Å². The van der Waals surface area contributed by atoms with Crippen LogP contribution in [0.3, 0.4) is 0 Å². The first-order valence-electron chi connectivity index (χ1n) is 5.39. The van der Waals surface area contributed by atoms with Gasteiger partial charge in [-0.05, 0) is 40.2 Å². The van der Waals surface area contributed by atoms with E-state index in [1.807, 2.05) is 0 Å². The number of hydrogen-bond acceptors (Lipinski definition) is 4. The van der Waals surface area contributed by atoms with Crippen LogP contribution in [0, 0.1) is 0 Å². The molecule has 1 aromatic heterocycles. The molecule has 0 aliphatic heterocycles. The van der Waals surface area contributed by atoms with Gasteiger partial charge < -0.3 is 10.6 Å². The maximum absolute atomic E-state index is 11.8. The third-order valence-electron chi connectivity index (χ3n) is 2.25. The molecule has 2 N–H and O–H groups in total. The van der Waals surface area contributed by atoms with Crippen molar-refractivity contribution in [2.24, 2.45) is 10.9 Å². The molecule has 0 atom stereocenters. The third kappa shape index (κ3) is 3.38. The summed E-state index contributed by atoms with van der Waals surface area (Å²) in [4.78, 5) is 20.5. The van der Waals surface area contributed by atoms with Crippen molar-refractivity contribution in [3.8, 4) is 0 Å². The summed E-state index contributed by atoms with van der Waals surface area (Å²) in [5, 5.41) is 3.57. The minimum Gasteiger partial charge on any atom is -0.379 e. The van der Waals surface area contributed by atoms with Gasteiger partial charge >= 0.3 is 5.97 Å². The van der Waals surface area contributed by atoms with Crippen LogP contribution in [0.1, 0.15) is 16.1 Å². The first kappa shape index (κ1) is 13.2. The van der Waals surface area contributed by atoms with Crippen molar-refractivity contribution in [3.05, 3.63) is 64.4 Å². The van der Waals surface area contributed by atoms with E-state index in [0.29, 0.717) is 15.7 Å². The van der Waals surface area contributed by atoms with Crippen LogP contribution in [-0.4, -0.2) is 16.8 Å². The van der Waals surface area contributed by atoms with Crippen LogP contribution < -0.4 is 5.73 Å². The number of nitrogens with zero attached hydrogens (tertiary/aromatic N) is 2. The van der Waals surface area contributed by atoms with Crippen molar-refractivity contribution in [3.63, 3.8) is 0 Å². The van der Waals surface area contributed by atoms with Crippen molar-refractivity contribution in [2.75, 3.05) is 0 Å². The van der Waals surface area contributed by atoms with E-state index in [4.69, 9.17) is 10.6 Å². The lowest BCUT2D eigenvalue weighted by molar-refractivity contribution is 0.0515. The zero-order valence-corrected chi connectivity index (χ0v) is 11.4. The van der Waals surface area contributed by atoms with Gasteiger partial charge in [0.1, 0.15) is 5.69 Å². The predicted octanol–water partition coefficient (Wildman–Crippen LogP) is 2.32. The molecule has 0 amide bonds. The zero-order chi connectivity index (χ0) is 13.7. The van der Waals surface area contributed by atoms with Crippen LogP contribution in [0.25, 0.3) is 0 Å². The number of oxime groups is 1. The minimum absolute atomic E-state index is 0.0426. The van der Waals surface area contributed by atoms with Crippen molar-refractivity contribution in [1.29, 1.82) is 0 Å².